The van der Waals surface area contributed by atoms with E-state index in [9.17, 15) is 0 Å². The maximum atomic E-state index is 6.72. The molecule has 6 heteroatoms. The van der Waals surface area contributed by atoms with Crippen molar-refractivity contribution in [1.29, 1.82) is 0 Å². The molecule has 0 unspecified atom stereocenters. The zero-order valence-electron chi connectivity index (χ0n) is 36.9. The Balaban J connectivity index is 1.02. The molecule has 16 rings (SSSR count). The summed E-state index contributed by atoms with van der Waals surface area (Å²) in [6.45, 7) is 0. The van der Waals surface area contributed by atoms with Crippen molar-refractivity contribution in [2.24, 2.45) is 17.8 Å². The summed E-state index contributed by atoms with van der Waals surface area (Å²) in [6, 6.07) is 65.4. The molecule has 12 aromatic rings. The topological polar surface area (TPSA) is 61.7 Å². The summed E-state index contributed by atoms with van der Waals surface area (Å²) in [4.78, 5) is 17.2. The van der Waals surface area contributed by atoms with Gasteiger partial charge in [0.15, 0.2) is 11.6 Å². The van der Waals surface area contributed by atoms with Gasteiger partial charge < -0.3 is 13.6 Å². The Labute approximate surface area is 387 Å². The molecule has 4 aliphatic rings. The fourth-order valence-corrected chi connectivity index (χ4v) is 13.6. The van der Waals surface area contributed by atoms with Crippen LogP contribution >= 0.6 is 0 Å². The molecule has 0 spiro atoms. The molecule has 0 N–H and O–H groups in total. The molecule has 4 fully saturated rings. The number of hydrogen-bond donors (Lipinski definition) is 0. The van der Waals surface area contributed by atoms with Gasteiger partial charge in [0.05, 0.1) is 38.8 Å². The number of rotatable bonds is 6. The summed E-state index contributed by atoms with van der Waals surface area (Å²) in [5.41, 5.74) is 12.6. The van der Waals surface area contributed by atoms with Crippen molar-refractivity contribution in [1.82, 2.24) is 24.1 Å². The molecule has 4 bridgehead atoms. The number of aromatic nitrogens is 5. The quantitative estimate of drug-likeness (QED) is 0.167. The third-order valence-corrected chi connectivity index (χ3v) is 15.9. The first-order valence-electron chi connectivity index (χ1n) is 24.0. The lowest BCUT2D eigenvalue weighted by Gasteiger charge is -2.56. The van der Waals surface area contributed by atoms with E-state index in [2.05, 4.69) is 185 Å². The summed E-state index contributed by atoms with van der Waals surface area (Å²) in [5.74, 6) is 4.57. The van der Waals surface area contributed by atoms with Crippen LogP contribution in [0.2, 0.25) is 0 Å². The molecular formula is C61H45N5O. The lowest BCUT2D eigenvalue weighted by Crippen LogP contribution is -2.49. The standard InChI is InChI=1S/C61H45N5O/c1-2-15-40(16-3-1)41-22-14-23-48(56(41)66-49-24-9-4-17-42(49)43-18-5-10-25-50(43)66)59-62-58(63-60(64-59)61-34-37-31-38(35-61)33-39(32-37)36-61)47-21-7-12-27-52(47)65-51-26-11-6-20-46(51)55-53(65)30-29-45-44-19-8-13-28-54(44)67-57(45)55/h1-30,37-39H,31-36H2. The van der Waals surface area contributed by atoms with E-state index < -0.39 is 0 Å². The minimum atomic E-state index is -0.0834. The molecule has 4 aliphatic carbocycles. The first-order chi connectivity index (χ1) is 33.2. The summed E-state index contributed by atoms with van der Waals surface area (Å²) in [7, 11) is 0. The molecule has 8 aromatic carbocycles. The van der Waals surface area contributed by atoms with Crippen molar-refractivity contribution in [3.63, 3.8) is 0 Å². The van der Waals surface area contributed by atoms with Crippen LogP contribution in [0.25, 0.3) is 111 Å². The van der Waals surface area contributed by atoms with Gasteiger partial charge in [-0.25, -0.2) is 15.0 Å². The van der Waals surface area contributed by atoms with Gasteiger partial charge in [0.2, 0.25) is 0 Å². The van der Waals surface area contributed by atoms with Gasteiger partial charge in [-0.05, 0) is 116 Å². The Morgan fingerprint density at radius 1 is 0.418 bits per heavy atom. The van der Waals surface area contributed by atoms with E-state index in [1.807, 2.05) is 6.07 Å². The van der Waals surface area contributed by atoms with Crippen molar-refractivity contribution in [2.75, 3.05) is 0 Å². The minimum Gasteiger partial charge on any atom is -0.455 e. The second kappa shape index (κ2) is 14.1. The van der Waals surface area contributed by atoms with Crippen LogP contribution in [-0.4, -0.2) is 24.1 Å². The van der Waals surface area contributed by atoms with E-state index >= 15 is 0 Å². The number of benzene rings is 8. The third-order valence-electron chi connectivity index (χ3n) is 15.9. The zero-order chi connectivity index (χ0) is 43.8. The molecular weight excluding hydrogens is 819 g/mol. The summed E-state index contributed by atoms with van der Waals surface area (Å²) >= 11 is 0. The first-order valence-corrected chi connectivity index (χ1v) is 24.0. The highest BCUT2D eigenvalue weighted by atomic mass is 16.3. The largest absolute Gasteiger partial charge is 0.455 e. The maximum absolute atomic E-state index is 6.72. The van der Waals surface area contributed by atoms with Gasteiger partial charge >= 0.3 is 0 Å². The maximum Gasteiger partial charge on any atom is 0.165 e. The lowest BCUT2D eigenvalue weighted by atomic mass is 9.49. The molecule has 0 amide bonds. The van der Waals surface area contributed by atoms with Gasteiger partial charge in [-0.15, -0.1) is 0 Å². The molecule has 4 saturated carbocycles. The molecule has 4 aromatic heterocycles. The van der Waals surface area contributed by atoms with E-state index in [4.69, 9.17) is 19.4 Å². The van der Waals surface area contributed by atoms with Crippen LogP contribution in [0.15, 0.2) is 186 Å². The molecule has 0 aliphatic heterocycles. The van der Waals surface area contributed by atoms with Crippen LogP contribution in [0.5, 0.6) is 0 Å². The molecule has 67 heavy (non-hydrogen) atoms. The van der Waals surface area contributed by atoms with Crippen LogP contribution in [0.3, 0.4) is 0 Å². The third kappa shape index (κ3) is 5.47. The highest BCUT2D eigenvalue weighted by Crippen LogP contribution is 2.60. The van der Waals surface area contributed by atoms with Crippen molar-refractivity contribution in [3.05, 3.63) is 188 Å². The predicted molar refractivity (Wildman–Crippen MR) is 272 cm³/mol. The molecule has 0 saturated heterocycles. The van der Waals surface area contributed by atoms with E-state index in [0.29, 0.717) is 11.6 Å². The van der Waals surface area contributed by atoms with Crippen molar-refractivity contribution in [3.8, 4) is 45.3 Å². The van der Waals surface area contributed by atoms with Gasteiger partial charge in [-0.2, -0.15) is 0 Å². The number of nitrogens with zero attached hydrogens (tertiary/aromatic N) is 5. The van der Waals surface area contributed by atoms with Gasteiger partial charge in [0, 0.05) is 49.0 Å². The van der Waals surface area contributed by atoms with Crippen LogP contribution in [0.1, 0.15) is 44.3 Å². The number of hydrogen-bond acceptors (Lipinski definition) is 4. The van der Waals surface area contributed by atoms with Crippen LogP contribution in [0.4, 0.5) is 0 Å². The average molecular weight is 864 g/mol. The van der Waals surface area contributed by atoms with Crippen molar-refractivity contribution < 1.29 is 4.42 Å². The number of para-hydroxylation sites is 6. The molecule has 320 valence electrons. The molecule has 0 atom stereocenters. The van der Waals surface area contributed by atoms with Crippen LogP contribution in [0, 0.1) is 17.8 Å². The normalized spacial score (nSPS) is 20.1. The highest BCUT2D eigenvalue weighted by molar-refractivity contribution is 6.24. The Hall–Kier alpha value is -7.83. The molecule has 4 heterocycles. The SMILES string of the molecule is c1ccc(-c2cccc(-c3nc(-c4ccccc4-n4c5ccccc5c5c6oc7ccccc7c6ccc54)nc(C45CC6CC(CC(C6)C4)C5)n3)c2-n2c3ccccc3c3ccccc32)cc1. The highest BCUT2D eigenvalue weighted by Gasteiger charge is 2.53. The van der Waals surface area contributed by atoms with Gasteiger partial charge in [0.25, 0.3) is 0 Å². The zero-order valence-corrected chi connectivity index (χ0v) is 36.9. The summed E-state index contributed by atoms with van der Waals surface area (Å²) in [5, 5.41) is 6.95. The fourth-order valence-electron chi connectivity index (χ4n) is 13.6. The second-order valence-electron chi connectivity index (χ2n) is 19.7. The van der Waals surface area contributed by atoms with Crippen LogP contribution in [-0.2, 0) is 5.41 Å². The monoisotopic (exact) mass is 863 g/mol. The summed E-state index contributed by atoms with van der Waals surface area (Å²) < 4.78 is 11.6. The van der Waals surface area contributed by atoms with Crippen molar-refractivity contribution >= 4 is 65.6 Å². The second-order valence-corrected chi connectivity index (χ2v) is 19.7. The van der Waals surface area contributed by atoms with E-state index in [-0.39, 0.29) is 5.41 Å². The molecule has 0 radical (unpaired) electrons. The van der Waals surface area contributed by atoms with E-state index in [0.717, 1.165) is 131 Å². The van der Waals surface area contributed by atoms with Gasteiger partial charge in [-0.3, -0.25) is 0 Å². The predicted octanol–water partition coefficient (Wildman–Crippen LogP) is 15.4. The van der Waals surface area contributed by atoms with Crippen LogP contribution < -0.4 is 0 Å². The lowest BCUT2D eigenvalue weighted by molar-refractivity contribution is -0.00938. The average Bonchev–Trinajstić information content (AvgIpc) is 4.04. The minimum absolute atomic E-state index is 0.0834. The first kappa shape index (κ1) is 37.4. The van der Waals surface area contributed by atoms with Crippen molar-refractivity contribution in [2.45, 2.75) is 43.9 Å². The Morgan fingerprint density at radius 3 is 1.69 bits per heavy atom. The Bertz CT molecular complexity index is 3900. The van der Waals surface area contributed by atoms with Gasteiger partial charge in [-0.1, -0.05) is 127 Å². The Kier molecular flexibility index (Phi) is 7.86. The number of furan rings is 1. The fraction of sp³-hybridized carbons (Fsp3) is 0.164. The number of fused-ring (bicyclic) bond motifs is 10. The Morgan fingerprint density at radius 2 is 0.970 bits per heavy atom. The van der Waals surface area contributed by atoms with E-state index in [1.165, 1.54) is 30.0 Å². The molecule has 6 nitrogen and oxygen atoms in total. The van der Waals surface area contributed by atoms with E-state index in [1.54, 1.807) is 0 Å². The van der Waals surface area contributed by atoms with Gasteiger partial charge in [0.1, 0.15) is 17.0 Å². The smallest absolute Gasteiger partial charge is 0.165 e. The summed E-state index contributed by atoms with van der Waals surface area (Å²) in [6.07, 6.45) is 7.47.